The molecule has 0 amide bonds. The number of likely N-dealkylation sites (N-methyl/N-ethyl adjacent to an activating group) is 1. The summed E-state index contributed by atoms with van der Waals surface area (Å²) in [6.45, 7) is 7.06. The van der Waals surface area contributed by atoms with Crippen LogP contribution in [-0.4, -0.2) is 48.8 Å². The Morgan fingerprint density at radius 3 is 2.24 bits per heavy atom. The molecule has 0 bridgehead atoms. The lowest BCUT2D eigenvalue weighted by atomic mass is 10.1. The summed E-state index contributed by atoms with van der Waals surface area (Å²) in [7, 11) is 0. The summed E-state index contributed by atoms with van der Waals surface area (Å²) in [6, 6.07) is 3.57. The highest BCUT2D eigenvalue weighted by Crippen LogP contribution is 2.30. The van der Waals surface area contributed by atoms with Gasteiger partial charge >= 0.3 is 6.18 Å². The fourth-order valence-corrected chi connectivity index (χ4v) is 2.56. The van der Waals surface area contributed by atoms with Gasteiger partial charge < -0.3 is 4.90 Å². The van der Waals surface area contributed by atoms with E-state index in [1.54, 1.807) is 0 Å². The number of alkyl halides is 3. The molecule has 1 fully saturated rings. The van der Waals surface area contributed by atoms with Gasteiger partial charge in [0.05, 0.1) is 5.56 Å². The second-order valence-electron chi connectivity index (χ2n) is 5.29. The van der Waals surface area contributed by atoms with Crippen molar-refractivity contribution in [3.05, 3.63) is 34.9 Å². The zero-order valence-electron chi connectivity index (χ0n) is 12.0. The zero-order chi connectivity index (χ0) is 15.5. The number of benzene rings is 1. The first kappa shape index (κ1) is 16.0. The zero-order valence-corrected chi connectivity index (χ0v) is 12.0. The van der Waals surface area contributed by atoms with Gasteiger partial charge in [-0.15, -0.1) is 0 Å². The first-order valence-corrected chi connectivity index (χ1v) is 7.03. The number of rotatable bonds is 4. The van der Waals surface area contributed by atoms with Crippen molar-refractivity contribution in [1.29, 1.82) is 0 Å². The molecule has 0 aromatic heterocycles. The van der Waals surface area contributed by atoms with E-state index >= 15 is 0 Å². The van der Waals surface area contributed by atoms with Crippen LogP contribution in [0, 0.1) is 0 Å². The van der Waals surface area contributed by atoms with Crippen LogP contribution in [0.15, 0.2) is 18.2 Å². The van der Waals surface area contributed by atoms with Gasteiger partial charge in [-0.25, -0.2) is 0 Å². The van der Waals surface area contributed by atoms with Crippen LogP contribution in [0.2, 0.25) is 0 Å². The summed E-state index contributed by atoms with van der Waals surface area (Å²) in [4.78, 5) is 15.3. The first-order valence-electron chi connectivity index (χ1n) is 7.03. The number of piperazine rings is 1. The third kappa shape index (κ3) is 4.28. The number of halogens is 3. The summed E-state index contributed by atoms with van der Waals surface area (Å²) in [5.74, 6) is 0. The number of aldehydes is 1. The second kappa shape index (κ2) is 6.58. The standard InChI is InChI=1S/C15H19F3N2O/c1-2-19-3-5-20(6-4-19)10-12-7-13(11-21)9-14(8-12)15(16,17)18/h7-9,11H,2-6,10H2,1H3. The number of hydrogen-bond acceptors (Lipinski definition) is 3. The predicted octanol–water partition coefficient (Wildman–Crippen LogP) is 2.66. The van der Waals surface area contributed by atoms with Crippen LogP contribution in [0.25, 0.3) is 0 Å². The lowest BCUT2D eigenvalue weighted by Gasteiger charge is -2.34. The predicted molar refractivity (Wildman–Crippen MR) is 74.2 cm³/mol. The van der Waals surface area contributed by atoms with Crippen molar-refractivity contribution in [2.45, 2.75) is 19.6 Å². The highest BCUT2D eigenvalue weighted by atomic mass is 19.4. The molecule has 1 aromatic rings. The van der Waals surface area contributed by atoms with Crippen LogP contribution in [0.3, 0.4) is 0 Å². The lowest BCUT2D eigenvalue weighted by Crippen LogP contribution is -2.45. The fraction of sp³-hybridized carbons (Fsp3) is 0.533. The van der Waals surface area contributed by atoms with E-state index in [0.29, 0.717) is 18.4 Å². The van der Waals surface area contributed by atoms with Crippen molar-refractivity contribution in [2.75, 3.05) is 32.7 Å². The maximum atomic E-state index is 12.8. The van der Waals surface area contributed by atoms with Crippen molar-refractivity contribution in [1.82, 2.24) is 9.80 Å². The minimum Gasteiger partial charge on any atom is -0.301 e. The van der Waals surface area contributed by atoms with E-state index in [0.717, 1.165) is 44.9 Å². The summed E-state index contributed by atoms with van der Waals surface area (Å²) >= 11 is 0. The van der Waals surface area contributed by atoms with Crippen LogP contribution in [0.4, 0.5) is 13.2 Å². The van der Waals surface area contributed by atoms with Crippen LogP contribution in [0.5, 0.6) is 0 Å². The summed E-state index contributed by atoms with van der Waals surface area (Å²) in [5.41, 5.74) is -0.141. The van der Waals surface area contributed by atoms with Gasteiger partial charge in [0.15, 0.2) is 0 Å². The number of nitrogens with zero attached hydrogens (tertiary/aromatic N) is 2. The van der Waals surface area contributed by atoms with Gasteiger partial charge in [-0.3, -0.25) is 9.69 Å². The van der Waals surface area contributed by atoms with E-state index in [1.807, 2.05) is 0 Å². The van der Waals surface area contributed by atoms with E-state index in [2.05, 4.69) is 16.7 Å². The summed E-state index contributed by atoms with van der Waals surface area (Å²) in [6.07, 6.45) is -3.96. The Morgan fingerprint density at radius 1 is 1.10 bits per heavy atom. The number of carbonyl (C=O) groups is 1. The van der Waals surface area contributed by atoms with E-state index in [4.69, 9.17) is 0 Å². The van der Waals surface area contributed by atoms with E-state index in [9.17, 15) is 18.0 Å². The number of carbonyl (C=O) groups excluding carboxylic acids is 1. The second-order valence-corrected chi connectivity index (χ2v) is 5.29. The molecule has 1 saturated heterocycles. The average Bonchev–Trinajstić information content (AvgIpc) is 2.46. The van der Waals surface area contributed by atoms with Gasteiger partial charge in [0.2, 0.25) is 0 Å². The van der Waals surface area contributed by atoms with Crippen molar-refractivity contribution in [3.8, 4) is 0 Å². The van der Waals surface area contributed by atoms with E-state index in [1.165, 1.54) is 6.07 Å². The quantitative estimate of drug-likeness (QED) is 0.799. The Morgan fingerprint density at radius 2 is 1.71 bits per heavy atom. The van der Waals surface area contributed by atoms with Gasteiger partial charge in [0.1, 0.15) is 6.29 Å². The van der Waals surface area contributed by atoms with Crippen LogP contribution in [0.1, 0.15) is 28.4 Å². The minimum atomic E-state index is -4.42. The van der Waals surface area contributed by atoms with Gasteiger partial charge in [0.25, 0.3) is 0 Å². The topological polar surface area (TPSA) is 23.6 Å². The molecule has 0 spiro atoms. The molecule has 0 atom stereocenters. The molecule has 0 radical (unpaired) electrons. The summed E-state index contributed by atoms with van der Waals surface area (Å²) in [5, 5.41) is 0. The molecule has 116 valence electrons. The van der Waals surface area contributed by atoms with Gasteiger partial charge in [-0.2, -0.15) is 13.2 Å². The molecule has 0 N–H and O–H groups in total. The monoisotopic (exact) mass is 300 g/mol. The fourth-order valence-electron chi connectivity index (χ4n) is 2.56. The highest BCUT2D eigenvalue weighted by Gasteiger charge is 2.31. The molecule has 21 heavy (non-hydrogen) atoms. The first-order chi connectivity index (χ1) is 9.92. The molecule has 1 aromatic carbocycles. The molecule has 1 aliphatic heterocycles. The smallest absolute Gasteiger partial charge is 0.301 e. The van der Waals surface area contributed by atoms with Crippen molar-refractivity contribution in [2.24, 2.45) is 0 Å². The molecule has 1 heterocycles. The van der Waals surface area contributed by atoms with Crippen LogP contribution < -0.4 is 0 Å². The molecule has 0 aliphatic carbocycles. The Balaban J connectivity index is 2.11. The molecule has 2 rings (SSSR count). The molecular weight excluding hydrogens is 281 g/mol. The largest absolute Gasteiger partial charge is 0.416 e. The maximum Gasteiger partial charge on any atom is 0.416 e. The Kier molecular flexibility index (Phi) is 5.00. The Hall–Kier alpha value is -1.40. The molecular formula is C15H19F3N2O. The van der Waals surface area contributed by atoms with Crippen LogP contribution >= 0.6 is 0 Å². The SMILES string of the molecule is CCN1CCN(Cc2cc(C=O)cc(C(F)(F)F)c2)CC1. The third-order valence-electron chi connectivity index (χ3n) is 3.80. The maximum absolute atomic E-state index is 12.8. The van der Waals surface area contributed by atoms with Gasteiger partial charge in [-0.1, -0.05) is 6.92 Å². The van der Waals surface area contributed by atoms with Gasteiger partial charge in [0, 0.05) is 38.3 Å². The Bertz CT molecular complexity index is 494. The van der Waals surface area contributed by atoms with E-state index < -0.39 is 11.7 Å². The van der Waals surface area contributed by atoms with Crippen LogP contribution in [-0.2, 0) is 12.7 Å². The molecule has 6 heteroatoms. The lowest BCUT2D eigenvalue weighted by molar-refractivity contribution is -0.137. The third-order valence-corrected chi connectivity index (χ3v) is 3.80. The summed E-state index contributed by atoms with van der Waals surface area (Å²) < 4.78 is 38.5. The molecule has 3 nitrogen and oxygen atoms in total. The van der Waals surface area contributed by atoms with Crippen molar-refractivity contribution < 1.29 is 18.0 Å². The van der Waals surface area contributed by atoms with Crippen molar-refractivity contribution in [3.63, 3.8) is 0 Å². The normalized spacial score (nSPS) is 17.9. The van der Waals surface area contributed by atoms with Crippen molar-refractivity contribution >= 4 is 6.29 Å². The number of hydrogen-bond donors (Lipinski definition) is 0. The highest BCUT2D eigenvalue weighted by molar-refractivity contribution is 5.75. The van der Waals surface area contributed by atoms with Gasteiger partial charge in [-0.05, 0) is 30.3 Å². The Labute approximate surface area is 122 Å². The van der Waals surface area contributed by atoms with E-state index in [-0.39, 0.29) is 5.56 Å². The average molecular weight is 300 g/mol. The molecule has 1 aliphatic rings. The minimum absolute atomic E-state index is 0.0759. The molecule has 0 saturated carbocycles. The molecule has 0 unspecified atom stereocenters.